The fourth-order valence-electron chi connectivity index (χ4n) is 1.24. The number of aliphatic carboxylic acids is 1. The zero-order chi connectivity index (χ0) is 10.4. The third kappa shape index (κ3) is 3.22. The van der Waals surface area contributed by atoms with Gasteiger partial charge in [-0.3, -0.25) is 10.1 Å². The average molecular weight is 197 g/mol. The predicted molar refractivity (Wildman–Crippen MR) is 51.9 cm³/mol. The second kappa shape index (κ2) is 5.44. The van der Waals surface area contributed by atoms with Crippen molar-refractivity contribution < 1.29 is 14.3 Å². The monoisotopic (exact) mass is 197 g/mol. The van der Waals surface area contributed by atoms with E-state index in [1.807, 2.05) is 13.0 Å². The van der Waals surface area contributed by atoms with Crippen LogP contribution in [0.25, 0.3) is 0 Å². The standard InChI is InChI=1S/C10H15NO3/c1-2-4-9(10(12)13)11-7-8-5-3-6-14-8/h3,5-6,9,11H,2,4,7H2,1H3,(H,12,13). The fourth-order valence-corrected chi connectivity index (χ4v) is 1.24. The molecule has 0 amide bonds. The van der Waals surface area contributed by atoms with Gasteiger partial charge in [0.05, 0.1) is 12.8 Å². The van der Waals surface area contributed by atoms with E-state index in [1.165, 1.54) is 0 Å². The van der Waals surface area contributed by atoms with Gasteiger partial charge in [0.1, 0.15) is 11.8 Å². The highest BCUT2D eigenvalue weighted by atomic mass is 16.4. The Labute approximate surface area is 82.9 Å². The van der Waals surface area contributed by atoms with E-state index in [0.29, 0.717) is 13.0 Å². The van der Waals surface area contributed by atoms with Gasteiger partial charge in [0.25, 0.3) is 0 Å². The summed E-state index contributed by atoms with van der Waals surface area (Å²) < 4.78 is 5.09. The summed E-state index contributed by atoms with van der Waals surface area (Å²) in [7, 11) is 0. The Bertz CT molecular complexity index is 269. The van der Waals surface area contributed by atoms with Crippen LogP contribution in [0.3, 0.4) is 0 Å². The number of furan rings is 1. The molecule has 0 radical (unpaired) electrons. The van der Waals surface area contributed by atoms with Gasteiger partial charge < -0.3 is 9.52 Å². The van der Waals surface area contributed by atoms with E-state index >= 15 is 0 Å². The lowest BCUT2D eigenvalue weighted by Gasteiger charge is -2.11. The van der Waals surface area contributed by atoms with Crippen LogP contribution in [0.5, 0.6) is 0 Å². The minimum Gasteiger partial charge on any atom is -0.480 e. The maximum atomic E-state index is 10.8. The number of nitrogens with one attached hydrogen (secondary N) is 1. The highest BCUT2D eigenvalue weighted by molar-refractivity contribution is 5.73. The van der Waals surface area contributed by atoms with Crippen LogP contribution in [-0.2, 0) is 11.3 Å². The van der Waals surface area contributed by atoms with Crippen LogP contribution in [0, 0.1) is 0 Å². The summed E-state index contributed by atoms with van der Waals surface area (Å²) in [5.74, 6) is -0.0502. The smallest absolute Gasteiger partial charge is 0.320 e. The molecule has 0 aliphatic rings. The molecule has 0 aromatic carbocycles. The van der Waals surface area contributed by atoms with Crippen molar-refractivity contribution in [2.24, 2.45) is 0 Å². The van der Waals surface area contributed by atoms with Gasteiger partial charge in [-0.25, -0.2) is 0 Å². The highest BCUT2D eigenvalue weighted by Crippen LogP contribution is 2.02. The average Bonchev–Trinajstić information content (AvgIpc) is 2.64. The Morgan fingerprint density at radius 3 is 3.00 bits per heavy atom. The van der Waals surface area contributed by atoms with E-state index in [-0.39, 0.29) is 0 Å². The largest absolute Gasteiger partial charge is 0.480 e. The number of carbonyl (C=O) groups is 1. The molecule has 0 aliphatic heterocycles. The van der Waals surface area contributed by atoms with E-state index in [0.717, 1.165) is 12.2 Å². The first-order chi connectivity index (χ1) is 6.74. The van der Waals surface area contributed by atoms with Gasteiger partial charge in [0.2, 0.25) is 0 Å². The molecule has 1 unspecified atom stereocenters. The summed E-state index contributed by atoms with van der Waals surface area (Å²) in [6.45, 7) is 2.43. The first kappa shape index (κ1) is 10.8. The number of carboxylic acid groups (broad SMARTS) is 1. The molecule has 0 saturated heterocycles. The Balaban J connectivity index is 2.37. The maximum absolute atomic E-state index is 10.8. The minimum absolute atomic E-state index is 0.462. The van der Waals surface area contributed by atoms with Crippen molar-refractivity contribution in [2.45, 2.75) is 32.4 Å². The highest BCUT2D eigenvalue weighted by Gasteiger charge is 2.15. The van der Waals surface area contributed by atoms with Crippen molar-refractivity contribution in [2.75, 3.05) is 0 Å². The van der Waals surface area contributed by atoms with E-state index < -0.39 is 12.0 Å². The molecule has 2 N–H and O–H groups in total. The van der Waals surface area contributed by atoms with Gasteiger partial charge in [0.15, 0.2) is 0 Å². The minimum atomic E-state index is -0.807. The van der Waals surface area contributed by atoms with Crippen molar-refractivity contribution in [1.82, 2.24) is 5.32 Å². The second-order valence-corrected chi connectivity index (χ2v) is 3.14. The topological polar surface area (TPSA) is 62.5 Å². The van der Waals surface area contributed by atoms with E-state index in [4.69, 9.17) is 9.52 Å². The summed E-state index contributed by atoms with van der Waals surface area (Å²) in [5.41, 5.74) is 0. The van der Waals surface area contributed by atoms with E-state index in [2.05, 4.69) is 5.32 Å². The van der Waals surface area contributed by atoms with E-state index in [9.17, 15) is 4.79 Å². The summed E-state index contributed by atoms with van der Waals surface area (Å²) >= 11 is 0. The molecule has 1 atom stereocenters. The van der Waals surface area contributed by atoms with Crippen LogP contribution in [0.2, 0.25) is 0 Å². The van der Waals surface area contributed by atoms with Crippen LogP contribution < -0.4 is 5.32 Å². The summed E-state index contributed by atoms with van der Waals surface area (Å²) in [4.78, 5) is 10.8. The van der Waals surface area contributed by atoms with Crippen LogP contribution in [0.15, 0.2) is 22.8 Å². The summed E-state index contributed by atoms with van der Waals surface area (Å²) in [6, 6.07) is 3.12. The summed E-state index contributed by atoms with van der Waals surface area (Å²) in [5, 5.41) is 11.8. The molecule has 1 heterocycles. The van der Waals surface area contributed by atoms with Crippen LogP contribution in [0.4, 0.5) is 0 Å². The van der Waals surface area contributed by atoms with Crippen molar-refractivity contribution >= 4 is 5.97 Å². The fraction of sp³-hybridized carbons (Fsp3) is 0.500. The first-order valence-electron chi connectivity index (χ1n) is 4.72. The predicted octanol–water partition coefficient (Wildman–Crippen LogP) is 1.62. The Kier molecular flexibility index (Phi) is 4.19. The van der Waals surface area contributed by atoms with Crippen molar-refractivity contribution in [1.29, 1.82) is 0 Å². The lowest BCUT2D eigenvalue weighted by molar-refractivity contribution is -0.139. The van der Waals surface area contributed by atoms with Crippen LogP contribution >= 0.6 is 0 Å². The Hall–Kier alpha value is -1.29. The molecular formula is C10H15NO3. The van der Waals surface area contributed by atoms with Gasteiger partial charge in [-0.1, -0.05) is 13.3 Å². The molecule has 4 heteroatoms. The summed E-state index contributed by atoms with van der Waals surface area (Å²) in [6.07, 6.45) is 3.06. The molecule has 14 heavy (non-hydrogen) atoms. The Morgan fingerprint density at radius 1 is 1.71 bits per heavy atom. The van der Waals surface area contributed by atoms with Crippen molar-refractivity contribution in [3.63, 3.8) is 0 Å². The van der Waals surface area contributed by atoms with Crippen molar-refractivity contribution in [3.8, 4) is 0 Å². The normalized spacial score (nSPS) is 12.6. The van der Waals surface area contributed by atoms with Gasteiger partial charge in [0, 0.05) is 0 Å². The zero-order valence-electron chi connectivity index (χ0n) is 8.19. The molecule has 1 aromatic rings. The third-order valence-corrected chi connectivity index (χ3v) is 1.98. The molecule has 0 bridgehead atoms. The molecular weight excluding hydrogens is 182 g/mol. The van der Waals surface area contributed by atoms with Gasteiger partial charge >= 0.3 is 5.97 Å². The first-order valence-corrected chi connectivity index (χ1v) is 4.72. The third-order valence-electron chi connectivity index (χ3n) is 1.98. The lowest BCUT2D eigenvalue weighted by atomic mass is 10.1. The number of hydrogen-bond acceptors (Lipinski definition) is 3. The van der Waals surface area contributed by atoms with Gasteiger partial charge in [-0.15, -0.1) is 0 Å². The molecule has 4 nitrogen and oxygen atoms in total. The molecule has 78 valence electrons. The van der Waals surface area contributed by atoms with Crippen LogP contribution in [0.1, 0.15) is 25.5 Å². The van der Waals surface area contributed by atoms with Crippen molar-refractivity contribution in [3.05, 3.63) is 24.2 Å². The maximum Gasteiger partial charge on any atom is 0.320 e. The lowest BCUT2D eigenvalue weighted by Crippen LogP contribution is -2.35. The number of hydrogen-bond donors (Lipinski definition) is 2. The molecule has 0 saturated carbocycles. The molecule has 0 aliphatic carbocycles. The molecule has 1 aromatic heterocycles. The zero-order valence-corrected chi connectivity index (χ0v) is 8.19. The van der Waals surface area contributed by atoms with E-state index in [1.54, 1.807) is 12.3 Å². The molecule has 0 fully saturated rings. The van der Waals surface area contributed by atoms with Crippen LogP contribution in [-0.4, -0.2) is 17.1 Å². The quantitative estimate of drug-likeness (QED) is 0.727. The Morgan fingerprint density at radius 2 is 2.50 bits per heavy atom. The van der Waals surface area contributed by atoms with Gasteiger partial charge in [-0.05, 0) is 18.6 Å². The molecule has 0 spiro atoms. The van der Waals surface area contributed by atoms with Gasteiger partial charge in [-0.2, -0.15) is 0 Å². The number of carboxylic acids is 1. The molecule has 1 rings (SSSR count). The second-order valence-electron chi connectivity index (χ2n) is 3.14. The SMILES string of the molecule is CCCC(NCc1ccco1)C(=O)O. The number of rotatable bonds is 6.